The second-order valence-electron chi connectivity index (χ2n) is 5.90. The lowest BCUT2D eigenvalue weighted by atomic mass is 10.0. The number of rotatable bonds is 7. The molecule has 1 aromatic carbocycles. The van der Waals surface area contributed by atoms with Crippen molar-refractivity contribution in [3.63, 3.8) is 0 Å². The number of nitrogens with zero attached hydrogens (tertiary/aromatic N) is 4. The minimum Gasteiger partial charge on any atom is -0.467 e. The summed E-state index contributed by atoms with van der Waals surface area (Å²) in [5.41, 5.74) is 2.07. The van der Waals surface area contributed by atoms with Gasteiger partial charge in [-0.05, 0) is 60.5 Å². The summed E-state index contributed by atoms with van der Waals surface area (Å²) in [5, 5.41) is 24.8. The van der Waals surface area contributed by atoms with E-state index in [1.54, 1.807) is 29.4 Å². The lowest BCUT2D eigenvalue weighted by Gasteiger charge is -2.22. The average Bonchev–Trinajstić information content (AvgIpc) is 3.28. The number of aliphatic hydroxyl groups excluding tert-OH is 1. The first kappa shape index (κ1) is 16.4. The molecule has 3 atom stereocenters. The van der Waals surface area contributed by atoms with Crippen LogP contribution in [0.5, 0.6) is 0 Å². The second-order valence-corrected chi connectivity index (χ2v) is 5.90. The van der Waals surface area contributed by atoms with E-state index >= 15 is 0 Å². The van der Waals surface area contributed by atoms with E-state index in [0.717, 1.165) is 11.3 Å². The summed E-state index contributed by atoms with van der Waals surface area (Å²) in [6.07, 6.45) is 3.12. The molecule has 0 bridgehead atoms. The minimum absolute atomic E-state index is 0.138. The smallest absolute Gasteiger partial charge is 0.143 e. The van der Waals surface area contributed by atoms with E-state index in [1.165, 1.54) is 0 Å². The normalized spacial score (nSPS) is 15.1. The predicted molar refractivity (Wildman–Crippen MR) is 88.5 cm³/mol. The molecule has 0 saturated heterocycles. The molecule has 0 fully saturated rings. The van der Waals surface area contributed by atoms with Gasteiger partial charge in [0, 0.05) is 12.1 Å². The Kier molecular flexibility index (Phi) is 5.02. The Morgan fingerprint density at radius 3 is 2.62 bits per heavy atom. The molecule has 0 amide bonds. The lowest BCUT2D eigenvalue weighted by molar-refractivity contribution is 0.127. The summed E-state index contributed by atoms with van der Waals surface area (Å²) in [4.78, 5) is 0. The van der Waals surface area contributed by atoms with E-state index in [9.17, 15) is 5.11 Å². The number of tetrazole rings is 1. The van der Waals surface area contributed by atoms with Crippen LogP contribution in [0.1, 0.15) is 43.7 Å². The summed E-state index contributed by atoms with van der Waals surface area (Å²) in [5.74, 6) is 0.599. The number of hydrogen-bond acceptors (Lipinski definition) is 6. The van der Waals surface area contributed by atoms with Crippen molar-refractivity contribution in [2.45, 2.75) is 38.5 Å². The largest absolute Gasteiger partial charge is 0.467 e. The first-order valence-electron chi connectivity index (χ1n) is 7.94. The first-order valence-corrected chi connectivity index (χ1v) is 7.94. The Bertz CT molecular complexity index is 725. The monoisotopic (exact) mass is 327 g/mol. The molecule has 0 aliphatic rings. The fourth-order valence-corrected chi connectivity index (χ4v) is 2.72. The summed E-state index contributed by atoms with van der Waals surface area (Å²) in [6.45, 7) is 4.15. The van der Waals surface area contributed by atoms with E-state index in [2.05, 4.69) is 34.7 Å². The highest BCUT2D eigenvalue weighted by Crippen LogP contribution is 2.21. The molecule has 3 aromatic rings. The number of furan rings is 1. The highest BCUT2D eigenvalue weighted by atomic mass is 16.4. The number of benzene rings is 1. The summed E-state index contributed by atoms with van der Waals surface area (Å²) in [6, 6.07) is 11.9. The zero-order chi connectivity index (χ0) is 16.9. The van der Waals surface area contributed by atoms with Gasteiger partial charge in [0.1, 0.15) is 18.2 Å². The van der Waals surface area contributed by atoms with E-state index < -0.39 is 6.10 Å². The fraction of sp³-hybridized carbons (Fsp3) is 0.353. The third-order valence-electron chi connectivity index (χ3n) is 3.99. The van der Waals surface area contributed by atoms with Gasteiger partial charge in [-0.1, -0.05) is 12.1 Å². The molecular formula is C17H21N5O2. The average molecular weight is 327 g/mol. The Hall–Kier alpha value is -2.51. The summed E-state index contributed by atoms with van der Waals surface area (Å²) >= 11 is 0. The van der Waals surface area contributed by atoms with Crippen LogP contribution >= 0.6 is 0 Å². The van der Waals surface area contributed by atoms with Crippen LogP contribution in [0, 0.1) is 0 Å². The fourth-order valence-electron chi connectivity index (χ4n) is 2.72. The molecule has 126 valence electrons. The van der Waals surface area contributed by atoms with Gasteiger partial charge in [-0.2, -0.15) is 0 Å². The number of aliphatic hydroxyl groups is 1. The third-order valence-corrected chi connectivity index (χ3v) is 3.99. The van der Waals surface area contributed by atoms with Crippen LogP contribution in [0.15, 0.2) is 53.4 Å². The zero-order valence-corrected chi connectivity index (χ0v) is 13.7. The van der Waals surface area contributed by atoms with Crippen molar-refractivity contribution < 1.29 is 9.52 Å². The van der Waals surface area contributed by atoms with Crippen LogP contribution in [-0.4, -0.2) is 31.4 Å². The maximum atomic E-state index is 10.2. The SMILES string of the molecule is CC(CC(O)c1ccco1)NC(C)c1ccc(-n2cnnn2)cc1. The van der Waals surface area contributed by atoms with Crippen LogP contribution in [0.2, 0.25) is 0 Å². The van der Waals surface area contributed by atoms with Crippen LogP contribution in [0.25, 0.3) is 5.69 Å². The molecule has 2 heterocycles. The number of hydrogen-bond donors (Lipinski definition) is 2. The van der Waals surface area contributed by atoms with Gasteiger partial charge in [0.05, 0.1) is 12.0 Å². The predicted octanol–water partition coefficient (Wildman–Crippen LogP) is 2.42. The molecule has 0 radical (unpaired) electrons. The molecule has 7 nitrogen and oxygen atoms in total. The van der Waals surface area contributed by atoms with Crippen molar-refractivity contribution in [2.75, 3.05) is 0 Å². The molecule has 3 rings (SSSR count). The molecular weight excluding hydrogens is 306 g/mol. The molecule has 2 N–H and O–H groups in total. The molecule has 0 saturated carbocycles. The lowest BCUT2D eigenvalue weighted by Crippen LogP contribution is -2.30. The zero-order valence-electron chi connectivity index (χ0n) is 13.7. The third kappa shape index (κ3) is 3.87. The van der Waals surface area contributed by atoms with Crippen LogP contribution in [0.3, 0.4) is 0 Å². The highest BCUT2D eigenvalue weighted by Gasteiger charge is 2.16. The molecule has 0 spiro atoms. The van der Waals surface area contributed by atoms with Crippen molar-refractivity contribution in [2.24, 2.45) is 0 Å². The summed E-state index contributed by atoms with van der Waals surface area (Å²) in [7, 11) is 0. The standard InChI is InChI=1S/C17H21N5O2/c1-12(10-16(23)17-4-3-9-24-17)19-13(2)14-5-7-15(8-6-14)22-11-18-20-21-22/h3-9,11-13,16,19,23H,10H2,1-2H3. The highest BCUT2D eigenvalue weighted by molar-refractivity contribution is 5.34. The molecule has 0 aliphatic carbocycles. The van der Waals surface area contributed by atoms with Gasteiger partial charge < -0.3 is 14.8 Å². The van der Waals surface area contributed by atoms with Gasteiger partial charge in [0.15, 0.2) is 0 Å². The van der Waals surface area contributed by atoms with E-state index in [0.29, 0.717) is 12.2 Å². The maximum Gasteiger partial charge on any atom is 0.143 e. The van der Waals surface area contributed by atoms with Crippen LogP contribution in [0.4, 0.5) is 0 Å². The Morgan fingerprint density at radius 1 is 1.21 bits per heavy atom. The summed E-state index contributed by atoms with van der Waals surface area (Å²) < 4.78 is 6.85. The molecule has 3 unspecified atom stereocenters. The number of nitrogens with one attached hydrogen (secondary N) is 1. The van der Waals surface area contributed by atoms with Crippen LogP contribution in [-0.2, 0) is 0 Å². The van der Waals surface area contributed by atoms with E-state index in [1.807, 2.05) is 24.3 Å². The minimum atomic E-state index is -0.600. The quantitative estimate of drug-likeness (QED) is 0.693. The Labute approximate surface area is 140 Å². The van der Waals surface area contributed by atoms with Gasteiger partial charge in [0.2, 0.25) is 0 Å². The topological polar surface area (TPSA) is 89.0 Å². The molecule has 2 aromatic heterocycles. The van der Waals surface area contributed by atoms with Gasteiger partial charge in [-0.25, -0.2) is 4.68 Å². The van der Waals surface area contributed by atoms with Crippen molar-refractivity contribution >= 4 is 0 Å². The van der Waals surface area contributed by atoms with Crippen molar-refractivity contribution in [3.8, 4) is 5.69 Å². The van der Waals surface area contributed by atoms with Gasteiger partial charge in [-0.3, -0.25) is 0 Å². The molecule has 24 heavy (non-hydrogen) atoms. The Balaban J connectivity index is 1.57. The van der Waals surface area contributed by atoms with Crippen molar-refractivity contribution in [1.82, 2.24) is 25.5 Å². The van der Waals surface area contributed by atoms with Crippen LogP contribution < -0.4 is 5.32 Å². The molecule has 0 aliphatic heterocycles. The van der Waals surface area contributed by atoms with Crippen molar-refractivity contribution in [1.29, 1.82) is 0 Å². The second kappa shape index (κ2) is 7.37. The van der Waals surface area contributed by atoms with Gasteiger partial charge in [0.25, 0.3) is 0 Å². The van der Waals surface area contributed by atoms with E-state index in [-0.39, 0.29) is 12.1 Å². The van der Waals surface area contributed by atoms with Crippen molar-refractivity contribution in [3.05, 3.63) is 60.3 Å². The molecule has 7 heteroatoms. The van der Waals surface area contributed by atoms with Gasteiger partial charge >= 0.3 is 0 Å². The maximum absolute atomic E-state index is 10.2. The number of aromatic nitrogens is 4. The van der Waals surface area contributed by atoms with Gasteiger partial charge in [-0.15, -0.1) is 5.10 Å². The van der Waals surface area contributed by atoms with E-state index in [4.69, 9.17) is 4.42 Å². The Morgan fingerprint density at radius 2 is 2.00 bits per heavy atom. The first-order chi connectivity index (χ1) is 11.6.